The van der Waals surface area contributed by atoms with E-state index >= 15 is 0 Å². The summed E-state index contributed by atoms with van der Waals surface area (Å²) in [4.78, 5) is 19.6. The Morgan fingerprint density at radius 3 is 2.68 bits per heavy atom. The number of aryl methyl sites for hydroxylation is 1. The molecule has 37 heavy (non-hydrogen) atoms. The summed E-state index contributed by atoms with van der Waals surface area (Å²) in [5, 5.41) is 9.84. The summed E-state index contributed by atoms with van der Waals surface area (Å²) >= 11 is 5.72. The van der Waals surface area contributed by atoms with Crippen molar-refractivity contribution in [1.29, 1.82) is 0 Å². The molecule has 0 saturated heterocycles. The molecule has 0 radical (unpaired) electrons. The molecule has 0 bridgehead atoms. The van der Waals surface area contributed by atoms with Gasteiger partial charge >= 0.3 is 0 Å². The third kappa shape index (κ3) is 5.68. The summed E-state index contributed by atoms with van der Waals surface area (Å²) in [7, 11) is 1.86. The van der Waals surface area contributed by atoms with Crippen LogP contribution < -0.4 is 15.0 Å². The highest BCUT2D eigenvalue weighted by atomic mass is 32.1. The molecule has 0 spiro atoms. The van der Waals surface area contributed by atoms with Crippen molar-refractivity contribution >= 4 is 28.8 Å². The van der Waals surface area contributed by atoms with Gasteiger partial charge in [-0.1, -0.05) is 66.5 Å². The fourth-order valence-corrected chi connectivity index (χ4v) is 4.26. The lowest BCUT2D eigenvalue weighted by Crippen LogP contribution is -2.48. The van der Waals surface area contributed by atoms with Gasteiger partial charge in [-0.05, 0) is 48.4 Å². The van der Waals surface area contributed by atoms with E-state index in [1.807, 2.05) is 91.7 Å². The van der Waals surface area contributed by atoms with Crippen LogP contribution in [-0.2, 0) is 6.42 Å². The number of fused-ring (bicyclic) bond motifs is 1. The van der Waals surface area contributed by atoms with Gasteiger partial charge in [-0.3, -0.25) is 9.89 Å². The minimum atomic E-state index is -0.530. The number of amides is 1. The molecule has 0 saturated carbocycles. The molecular formula is C29H25N5O2S. The van der Waals surface area contributed by atoms with Gasteiger partial charge in [-0.2, -0.15) is 0 Å². The van der Waals surface area contributed by atoms with Gasteiger partial charge in [0.15, 0.2) is 0 Å². The van der Waals surface area contributed by atoms with Gasteiger partial charge in [-0.15, -0.1) is 5.10 Å². The van der Waals surface area contributed by atoms with Crippen molar-refractivity contribution in [2.45, 2.75) is 19.4 Å². The maximum atomic E-state index is 12.9. The highest BCUT2D eigenvalue weighted by Crippen LogP contribution is 2.32. The molecule has 184 valence electrons. The third-order valence-corrected chi connectivity index (χ3v) is 6.54. The van der Waals surface area contributed by atoms with Crippen LogP contribution in [0.25, 0.3) is 0 Å². The van der Waals surface area contributed by atoms with Crippen LogP contribution >= 0.6 is 12.2 Å². The number of thiocarbonyl (C=S) groups is 1. The number of benzene rings is 3. The number of rotatable bonds is 4. The van der Waals surface area contributed by atoms with Gasteiger partial charge in [0, 0.05) is 24.6 Å². The van der Waals surface area contributed by atoms with E-state index in [-0.39, 0.29) is 12.4 Å². The monoisotopic (exact) mass is 507 g/mol. The Morgan fingerprint density at radius 2 is 1.89 bits per heavy atom. The van der Waals surface area contributed by atoms with Crippen molar-refractivity contribution < 1.29 is 9.53 Å². The molecule has 2 N–H and O–H groups in total. The number of hydrogen-bond donors (Lipinski definition) is 2. The predicted octanol–water partition coefficient (Wildman–Crippen LogP) is 4.06. The van der Waals surface area contributed by atoms with Crippen LogP contribution in [0.4, 0.5) is 5.69 Å². The van der Waals surface area contributed by atoms with Crippen LogP contribution in [0, 0.1) is 18.8 Å². The fourth-order valence-electron chi connectivity index (χ4n) is 4.03. The third-order valence-electron chi connectivity index (χ3n) is 5.98. The van der Waals surface area contributed by atoms with Crippen molar-refractivity contribution in [3.8, 4) is 17.6 Å². The molecule has 0 fully saturated rings. The van der Waals surface area contributed by atoms with Crippen molar-refractivity contribution in [2.75, 3.05) is 18.6 Å². The topological polar surface area (TPSA) is 83.1 Å². The minimum Gasteiger partial charge on any atom is -0.489 e. The summed E-state index contributed by atoms with van der Waals surface area (Å²) in [5.74, 6) is 7.34. The van der Waals surface area contributed by atoms with Crippen LogP contribution in [0.2, 0.25) is 0 Å². The van der Waals surface area contributed by atoms with Crippen LogP contribution in [0.3, 0.4) is 0 Å². The van der Waals surface area contributed by atoms with Crippen molar-refractivity contribution in [3.63, 3.8) is 0 Å². The SMILES string of the molecule is Cc1cccc(C#Cc2ccc3c(c2)N(C)C(=S)[C@@H](NC(=O)c2n[nH]c(Cc4ccccc4)n2)CO3)c1. The molecule has 3 aromatic carbocycles. The molecule has 0 aliphatic carbocycles. The quantitative estimate of drug-likeness (QED) is 0.320. The molecule has 7 nitrogen and oxygen atoms in total. The van der Waals surface area contributed by atoms with Gasteiger partial charge in [0.05, 0.1) is 5.69 Å². The Labute approximate surface area is 220 Å². The van der Waals surface area contributed by atoms with Crippen molar-refractivity contribution in [2.24, 2.45) is 0 Å². The number of aromatic amines is 1. The lowest BCUT2D eigenvalue weighted by Gasteiger charge is -2.23. The van der Waals surface area contributed by atoms with E-state index in [1.165, 1.54) is 0 Å². The summed E-state index contributed by atoms with van der Waals surface area (Å²) in [5.41, 5.74) is 4.83. The lowest BCUT2D eigenvalue weighted by atomic mass is 10.1. The molecule has 4 aromatic rings. The molecular weight excluding hydrogens is 482 g/mol. The number of likely N-dealkylation sites (N-methyl/N-ethyl adjacent to an activating group) is 1. The average molecular weight is 508 g/mol. The number of nitrogens with zero attached hydrogens (tertiary/aromatic N) is 3. The maximum Gasteiger partial charge on any atom is 0.291 e. The van der Waals surface area contributed by atoms with E-state index < -0.39 is 11.9 Å². The van der Waals surface area contributed by atoms with Crippen LogP contribution in [0.15, 0.2) is 72.8 Å². The Kier molecular flexibility index (Phi) is 6.97. The van der Waals surface area contributed by atoms with Crippen molar-refractivity contribution in [3.05, 3.63) is 107 Å². The zero-order chi connectivity index (χ0) is 25.8. The van der Waals surface area contributed by atoms with E-state index in [4.69, 9.17) is 17.0 Å². The van der Waals surface area contributed by atoms with Crippen LogP contribution in [-0.4, -0.2) is 45.8 Å². The number of aromatic nitrogens is 3. The molecule has 5 rings (SSSR count). The molecule has 1 aliphatic heterocycles. The zero-order valence-electron chi connectivity index (χ0n) is 20.5. The molecule has 1 aliphatic rings. The second-order valence-electron chi connectivity index (χ2n) is 8.80. The number of hydrogen-bond acceptors (Lipinski definition) is 5. The predicted molar refractivity (Wildman–Crippen MR) is 147 cm³/mol. The number of ether oxygens (including phenoxy) is 1. The molecule has 1 amide bonds. The lowest BCUT2D eigenvalue weighted by molar-refractivity contribution is 0.0927. The smallest absolute Gasteiger partial charge is 0.291 e. The summed E-state index contributed by atoms with van der Waals surface area (Å²) in [6.45, 7) is 2.24. The molecule has 2 heterocycles. The number of H-pyrrole nitrogens is 1. The Bertz CT molecular complexity index is 1520. The summed E-state index contributed by atoms with van der Waals surface area (Å²) in [6.07, 6.45) is 0.555. The first kappa shape index (κ1) is 24.2. The van der Waals surface area contributed by atoms with Gasteiger partial charge in [0.25, 0.3) is 5.91 Å². The number of anilines is 1. The van der Waals surface area contributed by atoms with Crippen LogP contribution in [0.1, 0.15) is 38.7 Å². The highest BCUT2D eigenvalue weighted by molar-refractivity contribution is 7.80. The Balaban J connectivity index is 1.28. The first-order valence-electron chi connectivity index (χ1n) is 11.9. The number of nitrogens with one attached hydrogen (secondary N) is 2. The first-order valence-corrected chi connectivity index (χ1v) is 12.3. The van der Waals surface area contributed by atoms with E-state index in [9.17, 15) is 4.79 Å². The standard InChI is InChI=1S/C29H25N5O2S/c1-19-7-6-10-21(15-19)11-12-22-13-14-25-24(16-22)34(2)29(37)23(18-36-25)30-28(35)27-31-26(32-33-27)17-20-8-4-3-5-9-20/h3-10,13-16,23H,17-18H2,1-2H3,(H,30,35)(H,31,32,33)/t23-/m0/s1. The Hall–Kier alpha value is -4.48. The van der Waals surface area contributed by atoms with E-state index in [1.54, 1.807) is 0 Å². The summed E-state index contributed by atoms with van der Waals surface area (Å²) in [6, 6.07) is 23.1. The highest BCUT2D eigenvalue weighted by Gasteiger charge is 2.29. The van der Waals surface area contributed by atoms with E-state index in [0.717, 1.165) is 27.9 Å². The summed E-state index contributed by atoms with van der Waals surface area (Å²) < 4.78 is 6.02. The minimum absolute atomic E-state index is 0.0619. The second-order valence-corrected chi connectivity index (χ2v) is 9.22. The fraction of sp³-hybridized carbons (Fsp3) is 0.172. The number of carbonyl (C=O) groups is 1. The normalized spacial score (nSPS) is 14.6. The first-order chi connectivity index (χ1) is 18.0. The van der Waals surface area contributed by atoms with Gasteiger partial charge in [0.2, 0.25) is 5.82 Å². The second kappa shape index (κ2) is 10.6. The Morgan fingerprint density at radius 1 is 1.11 bits per heavy atom. The number of carbonyl (C=O) groups excluding carboxylic acids is 1. The molecule has 0 unspecified atom stereocenters. The molecule has 1 aromatic heterocycles. The van der Waals surface area contributed by atoms with Gasteiger partial charge in [-0.25, -0.2) is 4.98 Å². The average Bonchev–Trinajstić information content (AvgIpc) is 3.34. The largest absolute Gasteiger partial charge is 0.489 e. The zero-order valence-corrected chi connectivity index (χ0v) is 21.3. The van der Waals surface area contributed by atoms with Gasteiger partial charge in [0.1, 0.15) is 29.2 Å². The van der Waals surface area contributed by atoms with E-state index in [0.29, 0.717) is 23.0 Å². The molecule has 8 heteroatoms. The maximum absolute atomic E-state index is 12.9. The molecule has 1 atom stereocenters. The van der Waals surface area contributed by atoms with E-state index in [2.05, 4.69) is 32.3 Å². The van der Waals surface area contributed by atoms with Crippen LogP contribution in [0.5, 0.6) is 5.75 Å². The van der Waals surface area contributed by atoms with Gasteiger partial charge < -0.3 is 15.0 Å². The van der Waals surface area contributed by atoms with Crippen molar-refractivity contribution in [1.82, 2.24) is 20.5 Å².